The third-order valence-electron chi connectivity index (χ3n) is 14.0. The molecule has 0 radical (unpaired) electrons. The Balaban J connectivity index is 1.16. The van der Waals surface area contributed by atoms with Crippen molar-refractivity contribution in [3.63, 3.8) is 0 Å². The van der Waals surface area contributed by atoms with Crippen molar-refractivity contribution >= 4 is 38.1 Å². The Labute approximate surface area is 298 Å². The van der Waals surface area contributed by atoms with Crippen LogP contribution in [0.25, 0.3) is 38.1 Å². The van der Waals surface area contributed by atoms with E-state index >= 15 is 0 Å². The number of nitriles is 2. The van der Waals surface area contributed by atoms with Gasteiger partial charge in [-0.1, -0.05) is 115 Å². The number of fused-ring (bicyclic) bond motifs is 14. The highest BCUT2D eigenvalue weighted by Gasteiger charge is 2.70. The lowest BCUT2D eigenvalue weighted by Gasteiger charge is -2.59. The Morgan fingerprint density at radius 2 is 0.981 bits per heavy atom. The summed E-state index contributed by atoms with van der Waals surface area (Å²) in [5, 5.41) is 26.8. The number of aromatic nitrogens is 1. The van der Waals surface area contributed by atoms with Gasteiger partial charge >= 0.3 is 0 Å². The molecule has 236 valence electrons. The first kappa shape index (κ1) is 26.2. The Kier molecular flexibility index (Phi) is 4.16. The summed E-state index contributed by atoms with van der Waals surface area (Å²) in [6.45, 7) is 0. The van der Waals surface area contributed by atoms with Crippen LogP contribution in [0.3, 0.4) is 0 Å². The summed E-state index contributed by atoms with van der Waals surface area (Å²) < 4.78 is 2.42. The smallest absolute Gasteiger partial charge is 0.0995 e. The van der Waals surface area contributed by atoms with Gasteiger partial charge in [0, 0.05) is 50.6 Å². The lowest BCUT2D eigenvalue weighted by molar-refractivity contribution is 0.336. The van der Waals surface area contributed by atoms with Gasteiger partial charge in [0.15, 0.2) is 0 Å². The van der Waals surface area contributed by atoms with E-state index in [1.54, 1.807) is 0 Å². The summed E-state index contributed by atoms with van der Waals surface area (Å²) in [5.74, 6) is 0.505. The molecular formula is C49H25N3. The van der Waals surface area contributed by atoms with Crippen LogP contribution in [0.5, 0.6) is 0 Å². The van der Waals surface area contributed by atoms with Gasteiger partial charge in [-0.15, -0.1) is 0 Å². The minimum atomic E-state index is -0.182. The first-order valence-electron chi connectivity index (χ1n) is 18.3. The fourth-order valence-electron chi connectivity index (χ4n) is 12.6. The van der Waals surface area contributed by atoms with Crippen molar-refractivity contribution in [2.75, 3.05) is 0 Å². The molecule has 9 aromatic rings. The van der Waals surface area contributed by atoms with E-state index in [4.69, 9.17) is 0 Å². The second-order valence-corrected chi connectivity index (χ2v) is 15.6. The van der Waals surface area contributed by atoms with Crippen molar-refractivity contribution in [2.24, 2.45) is 0 Å². The SMILES string of the molecule is N#Cc1cc2c(c3c1C1c4ccccc4C3c3ccccc31)c1cccc3c4c5c(c(C#N)cc4n2c13)C1c2ccccc2C2c3ccccc3C521. The third kappa shape index (κ3) is 2.41. The molecule has 0 saturated heterocycles. The molecule has 0 amide bonds. The molecule has 3 unspecified atom stereocenters. The summed E-state index contributed by atoms with van der Waals surface area (Å²) >= 11 is 0. The van der Waals surface area contributed by atoms with Crippen LogP contribution < -0.4 is 0 Å². The number of hydrogen-bond donors (Lipinski definition) is 0. The van der Waals surface area contributed by atoms with Crippen LogP contribution in [0.4, 0.5) is 0 Å². The van der Waals surface area contributed by atoms with Gasteiger partial charge in [0.25, 0.3) is 0 Å². The van der Waals surface area contributed by atoms with Crippen molar-refractivity contribution in [1.82, 2.24) is 4.40 Å². The molecule has 6 aliphatic carbocycles. The van der Waals surface area contributed by atoms with Crippen LogP contribution in [0.2, 0.25) is 0 Å². The van der Waals surface area contributed by atoms with Crippen LogP contribution in [-0.2, 0) is 5.41 Å². The van der Waals surface area contributed by atoms with E-state index in [0.29, 0.717) is 0 Å². The molecule has 0 fully saturated rings. The second-order valence-electron chi connectivity index (χ2n) is 15.6. The predicted molar refractivity (Wildman–Crippen MR) is 203 cm³/mol. The van der Waals surface area contributed by atoms with Crippen LogP contribution >= 0.6 is 0 Å². The lowest BCUT2D eigenvalue weighted by Crippen LogP contribution is -2.53. The molecule has 2 bridgehead atoms. The third-order valence-corrected chi connectivity index (χ3v) is 14.0. The molecule has 52 heavy (non-hydrogen) atoms. The van der Waals surface area contributed by atoms with Gasteiger partial charge in [-0.2, -0.15) is 10.5 Å². The fourth-order valence-corrected chi connectivity index (χ4v) is 12.6. The maximum absolute atomic E-state index is 10.9. The summed E-state index contributed by atoms with van der Waals surface area (Å²) in [6, 6.07) is 52.2. The highest BCUT2D eigenvalue weighted by atomic mass is 14.9. The molecule has 2 heterocycles. The largest absolute Gasteiger partial charge is 0.308 e. The average Bonchev–Trinajstić information content (AvgIpc) is 3.77. The summed E-state index contributed by atoms with van der Waals surface area (Å²) in [5.41, 5.74) is 20.6. The normalized spacial score (nSPS) is 23.0. The van der Waals surface area contributed by atoms with E-state index in [9.17, 15) is 10.5 Å². The maximum atomic E-state index is 10.9. The van der Waals surface area contributed by atoms with Gasteiger partial charge in [0.1, 0.15) is 0 Å². The fraction of sp³-hybridized carbons (Fsp3) is 0.102. The van der Waals surface area contributed by atoms with E-state index in [2.05, 4.69) is 144 Å². The van der Waals surface area contributed by atoms with Crippen LogP contribution in [-0.4, -0.2) is 4.40 Å². The molecule has 3 heteroatoms. The number of rotatable bonds is 0. The molecule has 0 saturated carbocycles. The molecule has 1 spiro atoms. The van der Waals surface area contributed by atoms with Crippen molar-refractivity contribution in [2.45, 2.75) is 29.1 Å². The van der Waals surface area contributed by atoms with E-state index in [-0.39, 0.29) is 29.1 Å². The minimum absolute atomic E-state index is 0.0175. The molecule has 3 nitrogen and oxygen atoms in total. The zero-order valence-electron chi connectivity index (χ0n) is 27.8. The van der Waals surface area contributed by atoms with Crippen LogP contribution in [0.15, 0.2) is 127 Å². The molecule has 6 aliphatic rings. The average molecular weight is 656 g/mol. The lowest BCUT2D eigenvalue weighted by atomic mass is 9.42. The number of nitrogens with zero attached hydrogens (tertiary/aromatic N) is 3. The zero-order valence-corrected chi connectivity index (χ0v) is 27.8. The van der Waals surface area contributed by atoms with E-state index in [0.717, 1.165) is 27.7 Å². The van der Waals surface area contributed by atoms with E-state index in [1.165, 1.54) is 88.3 Å². The number of benzene rings is 7. The molecule has 15 rings (SSSR count). The second kappa shape index (κ2) is 8.26. The number of hydrogen-bond acceptors (Lipinski definition) is 2. The van der Waals surface area contributed by atoms with Crippen molar-refractivity contribution < 1.29 is 0 Å². The topological polar surface area (TPSA) is 52.0 Å². The molecule has 0 N–H and O–H groups in total. The molecular weight excluding hydrogens is 631 g/mol. The Hall–Kier alpha value is -6.68. The molecule has 7 aromatic carbocycles. The summed E-state index contributed by atoms with van der Waals surface area (Å²) in [7, 11) is 0. The first-order valence-corrected chi connectivity index (χ1v) is 18.3. The Morgan fingerprint density at radius 1 is 0.481 bits per heavy atom. The molecule has 2 aromatic heterocycles. The highest BCUT2D eigenvalue weighted by Crippen LogP contribution is 2.78. The van der Waals surface area contributed by atoms with Crippen molar-refractivity contribution in [3.8, 4) is 12.1 Å². The minimum Gasteiger partial charge on any atom is -0.308 e. The van der Waals surface area contributed by atoms with Crippen molar-refractivity contribution in [3.05, 3.63) is 205 Å². The van der Waals surface area contributed by atoms with Crippen molar-refractivity contribution in [1.29, 1.82) is 10.5 Å². The number of para-hydroxylation sites is 1. The Bertz CT molecular complexity index is 3260. The van der Waals surface area contributed by atoms with Crippen LogP contribution in [0, 0.1) is 22.7 Å². The van der Waals surface area contributed by atoms with E-state index in [1.807, 2.05) is 0 Å². The standard InChI is InChI=1S/C49H25N3/c50-22-24-20-36-42(44-38(24)40-26-10-1-3-12-28(26)41(44)29-13-4-2-11-27(29)40)33-17-9-18-34-43-37(52(36)48(33)34)21-25(23-51)39-46-31-15-6-5-14-30(31)45-32-16-7-8-19-35(32)49(45,46)47(39)43/h1-21,40-41,45-46H. The predicted octanol–water partition coefficient (Wildman–Crippen LogP) is 10.5. The maximum Gasteiger partial charge on any atom is 0.0995 e. The van der Waals surface area contributed by atoms with Crippen LogP contribution in [0.1, 0.15) is 102 Å². The Morgan fingerprint density at radius 3 is 1.62 bits per heavy atom. The summed E-state index contributed by atoms with van der Waals surface area (Å²) in [4.78, 5) is 0. The highest BCUT2D eigenvalue weighted by molar-refractivity contribution is 6.26. The van der Waals surface area contributed by atoms with Gasteiger partial charge in [0.05, 0.1) is 39.8 Å². The van der Waals surface area contributed by atoms with E-state index < -0.39 is 0 Å². The van der Waals surface area contributed by atoms with Gasteiger partial charge in [-0.3, -0.25) is 0 Å². The first-order chi connectivity index (χ1) is 25.8. The quantitative estimate of drug-likeness (QED) is 0.163. The van der Waals surface area contributed by atoms with Gasteiger partial charge < -0.3 is 4.40 Å². The van der Waals surface area contributed by atoms with Gasteiger partial charge in [-0.25, -0.2) is 0 Å². The monoisotopic (exact) mass is 655 g/mol. The molecule has 0 aliphatic heterocycles. The van der Waals surface area contributed by atoms with Gasteiger partial charge in [0.2, 0.25) is 0 Å². The molecule has 3 atom stereocenters. The summed E-state index contributed by atoms with van der Waals surface area (Å²) in [6.07, 6.45) is 0. The zero-order chi connectivity index (χ0) is 33.8. The van der Waals surface area contributed by atoms with Gasteiger partial charge in [-0.05, 0) is 78.9 Å².